The Labute approximate surface area is 118 Å². The Balaban J connectivity index is 3.27. The van der Waals surface area contributed by atoms with E-state index in [0.717, 1.165) is 26.1 Å². The van der Waals surface area contributed by atoms with Crippen LogP contribution in [0.5, 0.6) is 0 Å². The number of hydrogen-bond donors (Lipinski definition) is 1. The van der Waals surface area contributed by atoms with Crippen molar-refractivity contribution in [3.8, 4) is 0 Å². The number of hydrogen-bond acceptors (Lipinski definition) is 5. The van der Waals surface area contributed by atoms with E-state index in [2.05, 4.69) is 25.8 Å². The second-order valence-electron chi connectivity index (χ2n) is 5.22. The number of nitrogens with zero attached hydrogens (tertiary/aromatic N) is 1. The Morgan fingerprint density at radius 3 is 2.11 bits per heavy atom. The van der Waals surface area contributed by atoms with Gasteiger partial charge in [0, 0.05) is 19.7 Å². The zero-order valence-corrected chi connectivity index (χ0v) is 13.1. The Hall–Kier alpha value is -0.200. The van der Waals surface area contributed by atoms with Gasteiger partial charge in [0.15, 0.2) is 0 Å². The van der Waals surface area contributed by atoms with Crippen LogP contribution in [0.15, 0.2) is 0 Å². The standard InChI is InChI=1S/C14H32N2O3/c1-13(2)14(15)5-6-16(3)7-8-18-11-12-19-10-9-17-4/h13-14H,5-12,15H2,1-4H3. The molecule has 0 aliphatic carbocycles. The summed E-state index contributed by atoms with van der Waals surface area (Å²) in [5, 5.41) is 0. The molecule has 0 saturated heterocycles. The third-order valence-corrected chi connectivity index (χ3v) is 3.12. The molecule has 1 atom stereocenters. The highest BCUT2D eigenvalue weighted by molar-refractivity contribution is 4.67. The van der Waals surface area contributed by atoms with E-state index >= 15 is 0 Å². The van der Waals surface area contributed by atoms with Gasteiger partial charge in [-0.2, -0.15) is 0 Å². The molecule has 0 heterocycles. The molecule has 0 fully saturated rings. The van der Waals surface area contributed by atoms with Gasteiger partial charge in [-0.3, -0.25) is 0 Å². The third-order valence-electron chi connectivity index (χ3n) is 3.12. The zero-order valence-electron chi connectivity index (χ0n) is 13.1. The number of methoxy groups -OCH3 is 1. The summed E-state index contributed by atoms with van der Waals surface area (Å²) >= 11 is 0. The van der Waals surface area contributed by atoms with Crippen molar-refractivity contribution in [3.05, 3.63) is 0 Å². The molecule has 5 heteroatoms. The van der Waals surface area contributed by atoms with Crippen LogP contribution in [-0.4, -0.2) is 71.2 Å². The average Bonchev–Trinajstić information content (AvgIpc) is 2.38. The van der Waals surface area contributed by atoms with E-state index in [0.29, 0.717) is 32.3 Å². The second-order valence-corrected chi connectivity index (χ2v) is 5.22. The lowest BCUT2D eigenvalue weighted by atomic mass is 10.0. The van der Waals surface area contributed by atoms with Crippen LogP contribution in [0.4, 0.5) is 0 Å². The Morgan fingerprint density at radius 1 is 0.947 bits per heavy atom. The molecule has 0 rings (SSSR count). The van der Waals surface area contributed by atoms with Gasteiger partial charge in [0.2, 0.25) is 0 Å². The van der Waals surface area contributed by atoms with E-state index < -0.39 is 0 Å². The van der Waals surface area contributed by atoms with E-state index in [4.69, 9.17) is 19.9 Å². The van der Waals surface area contributed by atoms with Crippen molar-refractivity contribution < 1.29 is 14.2 Å². The maximum absolute atomic E-state index is 6.01. The topological polar surface area (TPSA) is 57.0 Å². The average molecular weight is 276 g/mol. The van der Waals surface area contributed by atoms with Gasteiger partial charge < -0.3 is 24.8 Å². The van der Waals surface area contributed by atoms with Gasteiger partial charge in [0.25, 0.3) is 0 Å². The molecule has 19 heavy (non-hydrogen) atoms. The number of nitrogens with two attached hydrogens (primary N) is 1. The number of rotatable bonds is 13. The normalized spacial score (nSPS) is 13.4. The zero-order chi connectivity index (χ0) is 14.5. The van der Waals surface area contributed by atoms with E-state index in [1.54, 1.807) is 7.11 Å². The predicted octanol–water partition coefficient (Wildman–Crippen LogP) is 0.971. The SMILES string of the molecule is COCCOCCOCCN(C)CCC(N)C(C)C. The molecule has 0 amide bonds. The molecule has 0 aromatic carbocycles. The largest absolute Gasteiger partial charge is 0.382 e. The fourth-order valence-electron chi connectivity index (χ4n) is 1.50. The van der Waals surface area contributed by atoms with Crippen LogP contribution in [0, 0.1) is 5.92 Å². The summed E-state index contributed by atoms with van der Waals surface area (Å²) in [5.41, 5.74) is 6.01. The van der Waals surface area contributed by atoms with Crippen LogP contribution in [-0.2, 0) is 14.2 Å². The molecule has 0 aromatic heterocycles. The van der Waals surface area contributed by atoms with Crippen molar-refractivity contribution in [2.75, 3.05) is 60.3 Å². The lowest BCUT2D eigenvalue weighted by Gasteiger charge is -2.21. The molecular weight excluding hydrogens is 244 g/mol. The first kappa shape index (κ1) is 18.8. The maximum Gasteiger partial charge on any atom is 0.0701 e. The summed E-state index contributed by atoms with van der Waals surface area (Å²) in [6.07, 6.45) is 1.04. The Kier molecular flexibility index (Phi) is 12.7. The molecule has 0 aromatic rings. The summed E-state index contributed by atoms with van der Waals surface area (Å²) in [7, 11) is 3.77. The summed E-state index contributed by atoms with van der Waals surface area (Å²) in [6.45, 7) is 9.56. The van der Waals surface area contributed by atoms with Crippen molar-refractivity contribution in [3.63, 3.8) is 0 Å². The molecule has 1 unspecified atom stereocenters. The predicted molar refractivity (Wildman–Crippen MR) is 78.4 cm³/mol. The minimum atomic E-state index is 0.289. The van der Waals surface area contributed by atoms with Crippen LogP contribution in [0.1, 0.15) is 20.3 Å². The summed E-state index contributed by atoms with van der Waals surface area (Å²) in [4.78, 5) is 2.26. The minimum Gasteiger partial charge on any atom is -0.382 e. The second kappa shape index (κ2) is 12.8. The van der Waals surface area contributed by atoms with Gasteiger partial charge in [-0.1, -0.05) is 13.8 Å². The molecule has 5 nitrogen and oxygen atoms in total. The van der Waals surface area contributed by atoms with E-state index in [1.165, 1.54) is 0 Å². The van der Waals surface area contributed by atoms with Crippen LogP contribution >= 0.6 is 0 Å². The first-order valence-electron chi connectivity index (χ1n) is 7.16. The van der Waals surface area contributed by atoms with Crippen molar-refractivity contribution in [2.24, 2.45) is 11.7 Å². The van der Waals surface area contributed by atoms with E-state index in [-0.39, 0.29) is 6.04 Å². The van der Waals surface area contributed by atoms with Crippen LogP contribution in [0.25, 0.3) is 0 Å². The van der Waals surface area contributed by atoms with E-state index in [1.807, 2.05) is 0 Å². The Bertz CT molecular complexity index is 192. The molecule has 0 spiro atoms. The minimum absolute atomic E-state index is 0.289. The molecule has 0 radical (unpaired) electrons. The van der Waals surface area contributed by atoms with Crippen molar-refractivity contribution in [1.82, 2.24) is 4.90 Å². The first-order chi connectivity index (χ1) is 9.07. The molecule has 116 valence electrons. The number of ether oxygens (including phenoxy) is 3. The van der Waals surface area contributed by atoms with Gasteiger partial charge in [0.1, 0.15) is 0 Å². The quantitative estimate of drug-likeness (QED) is 0.508. The highest BCUT2D eigenvalue weighted by atomic mass is 16.5. The van der Waals surface area contributed by atoms with Gasteiger partial charge in [-0.05, 0) is 25.9 Å². The molecule has 0 saturated carbocycles. The molecule has 0 bridgehead atoms. The number of likely N-dealkylation sites (N-methyl/N-ethyl adjacent to an activating group) is 1. The van der Waals surface area contributed by atoms with Crippen LogP contribution in [0.2, 0.25) is 0 Å². The van der Waals surface area contributed by atoms with Crippen LogP contribution in [0.3, 0.4) is 0 Å². The smallest absolute Gasteiger partial charge is 0.0701 e. The highest BCUT2D eigenvalue weighted by Gasteiger charge is 2.08. The van der Waals surface area contributed by atoms with Crippen molar-refractivity contribution in [1.29, 1.82) is 0 Å². The van der Waals surface area contributed by atoms with Gasteiger partial charge in [-0.25, -0.2) is 0 Å². The van der Waals surface area contributed by atoms with Gasteiger partial charge in [0.05, 0.1) is 33.0 Å². The fourth-order valence-corrected chi connectivity index (χ4v) is 1.50. The van der Waals surface area contributed by atoms with Crippen LogP contribution < -0.4 is 5.73 Å². The van der Waals surface area contributed by atoms with Crippen molar-refractivity contribution >= 4 is 0 Å². The summed E-state index contributed by atoms with van der Waals surface area (Å²) in [6, 6.07) is 0.289. The Morgan fingerprint density at radius 2 is 1.53 bits per heavy atom. The molecule has 0 aliphatic rings. The third kappa shape index (κ3) is 12.6. The summed E-state index contributed by atoms with van der Waals surface area (Å²) < 4.78 is 15.7. The maximum atomic E-state index is 6.01. The lowest BCUT2D eigenvalue weighted by molar-refractivity contribution is 0.0207. The van der Waals surface area contributed by atoms with E-state index in [9.17, 15) is 0 Å². The lowest BCUT2D eigenvalue weighted by Crippen LogP contribution is -2.33. The van der Waals surface area contributed by atoms with Crippen molar-refractivity contribution in [2.45, 2.75) is 26.3 Å². The summed E-state index contributed by atoms with van der Waals surface area (Å²) in [5.74, 6) is 0.550. The highest BCUT2D eigenvalue weighted by Crippen LogP contribution is 2.03. The molecule has 0 aliphatic heterocycles. The fraction of sp³-hybridized carbons (Fsp3) is 1.00. The monoisotopic (exact) mass is 276 g/mol. The molecular formula is C14H32N2O3. The first-order valence-corrected chi connectivity index (χ1v) is 7.16. The van der Waals surface area contributed by atoms with Gasteiger partial charge >= 0.3 is 0 Å². The van der Waals surface area contributed by atoms with Gasteiger partial charge in [-0.15, -0.1) is 0 Å². The molecule has 2 N–H and O–H groups in total.